The highest BCUT2D eigenvalue weighted by molar-refractivity contribution is 5.02. The van der Waals surface area contributed by atoms with Crippen LogP contribution in [0.4, 0.5) is 0 Å². The fourth-order valence-electron chi connectivity index (χ4n) is 2.00. The summed E-state index contributed by atoms with van der Waals surface area (Å²) in [6.45, 7) is 1.67. The van der Waals surface area contributed by atoms with Crippen molar-refractivity contribution in [2.75, 3.05) is 13.2 Å². The molecular formula is C11H18O2. The first-order valence-corrected chi connectivity index (χ1v) is 5.36. The summed E-state index contributed by atoms with van der Waals surface area (Å²) in [7, 11) is 0. The summed E-state index contributed by atoms with van der Waals surface area (Å²) < 4.78 is 11.0. The van der Waals surface area contributed by atoms with Gasteiger partial charge in [0.2, 0.25) is 0 Å². The molecule has 1 saturated heterocycles. The highest BCUT2D eigenvalue weighted by atomic mass is 16.5. The molecule has 1 unspecified atom stereocenters. The Morgan fingerprint density at radius 2 is 2.15 bits per heavy atom. The lowest BCUT2D eigenvalue weighted by molar-refractivity contribution is 0.0513. The van der Waals surface area contributed by atoms with E-state index in [4.69, 9.17) is 9.47 Å². The van der Waals surface area contributed by atoms with Crippen molar-refractivity contribution in [3.8, 4) is 0 Å². The molecule has 1 aliphatic heterocycles. The Balaban J connectivity index is 1.64. The monoisotopic (exact) mass is 182 g/mol. The summed E-state index contributed by atoms with van der Waals surface area (Å²) in [5.74, 6) is 0. The number of allylic oxidation sites excluding steroid dienone is 1. The van der Waals surface area contributed by atoms with Crippen LogP contribution in [0, 0.1) is 0 Å². The summed E-state index contributed by atoms with van der Waals surface area (Å²) in [4.78, 5) is 0. The van der Waals surface area contributed by atoms with Crippen molar-refractivity contribution in [3.05, 3.63) is 11.8 Å². The van der Waals surface area contributed by atoms with Crippen LogP contribution in [-0.4, -0.2) is 19.3 Å². The van der Waals surface area contributed by atoms with E-state index in [0.29, 0.717) is 6.10 Å². The third-order valence-electron chi connectivity index (χ3n) is 2.80. The van der Waals surface area contributed by atoms with Gasteiger partial charge in [-0.05, 0) is 44.1 Å². The fraction of sp³-hybridized carbons (Fsp3) is 0.818. The van der Waals surface area contributed by atoms with Gasteiger partial charge in [0.15, 0.2) is 0 Å². The minimum Gasteiger partial charge on any atom is -0.499 e. The lowest BCUT2D eigenvalue weighted by Gasteiger charge is -2.08. The highest BCUT2D eigenvalue weighted by Gasteiger charge is 2.15. The summed E-state index contributed by atoms with van der Waals surface area (Å²) in [6, 6.07) is 0. The minimum absolute atomic E-state index is 0.359. The number of hydrogen-bond donors (Lipinski definition) is 0. The summed E-state index contributed by atoms with van der Waals surface area (Å²) in [5.41, 5.74) is 1.48. The molecule has 1 atom stereocenters. The average molecular weight is 182 g/mol. The molecule has 0 aromatic rings. The van der Waals surface area contributed by atoms with Crippen molar-refractivity contribution in [3.63, 3.8) is 0 Å². The molecule has 1 heterocycles. The molecule has 0 N–H and O–H groups in total. The van der Waals surface area contributed by atoms with Crippen LogP contribution < -0.4 is 0 Å². The molecule has 0 amide bonds. The zero-order chi connectivity index (χ0) is 8.93. The molecule has 2 heteroatoms. The second kappa shape index (κ2) is 4.66. The van der Waals surface area contributed by atoms with Crippen LogP contribution in [-0.2, 0) is 9.47 Å². The van der Waals surface area contributed by atoms with Crippen LogP contribution in [0.2, 0.25) is 0 Å². The Labute approximate surface area is 79.9 Å². The Morgan fingerprint density at radius 1 is 1.31 bits per heavy atom. The van der Waals surface area contributed by atoms with Crippen molar-refractivity contribution >= 4 is 0 Å². The predicted molar refractivity (Wildman–Crippen MR) is 51.5 cm³/mol. The Morgan fingerprint density at radius 3 is 2.85 bits per heavy atom. The van der Waals surface area contributed by atoms with Gasteiger partial charge in [-0.3, -0.25) is 0 Å². The first kappa shape index (κ1) is 9.07. The van der Waals surface area contributed by atoms with Gasteiger partial charge < -0.3 is 9.47 Å². The molecule has 0 aromatic carbocycles. The molecule has 0 aromatic heterocycles. The van der Waals surface area contributed by atoms with Gasteiger partial charge in [0, 0.05) is 6.61 Å². The van der Waals surface area contributed by atoms with Gasteiger partial charge in [-0.15, -0.1) is 0 Å². The van der Waals surface area contributed by atoms with Gasteiger partial charge in [0.1, 0.15) is 6.61 Å². The molecule has 2 fully saturated rings. The summed E-state index contributed by atoms with van der Waals surface area (Å²) in [5, 5.41) is 0. The van der Waals surface area contributed by atoms with Crippen LogP contribution in [0.25, 0.3) is 0 Å². The predicted octanol–water partition coefficient (Wildman–Crippen LogP) is 2.64. The van der Waals surface area contributed by atoms with Gasteiger partial charge >= 0.3 is 0 Å². The van der Waals surface area contributed by atoms with Gasteiger partial charge in [-0.25, -0.2) is 0 Å². The van der Waals surface area contributed by atoms with Gasteiger partial charge in [0.05, 0.1) is 12.4 Å². The second-order valence-electron chi connectivity index (χ2n) is 3.95. The molecule has 74 valence electrons. The molecular weight excluding hydrogens is 164 g/mol. The topological polar surface area (TPSA) is 18.5 Å². The first-order chi connectivity index (χ1) is 6.45. The Kier molecular flexibility index (Phi) is 3.25. The second-order valence-corrected chi connectivity index (χ2v) is 3.95. The standard InChI is InChI=1S/C11H18O2/c1-2-5-10(4-1)8-12-9-11-6-3-7-13-11/h8,11H,1-7,9H2. The smallest absolute Gasteiger partial charge is 0.113 e. The first-order valence-electron chi connectivity index (χ1n) is 5.36. The maximum atomic E-state index is 5.51. The molecule has 13 heavy (non-hydrogen) atoms. The van der Waals surface area contributed by atoms with Crippen molar-refractivity contribution in [2.45, 2.75) is 44.6 Å². The maximum absolute atomic E-state index is 5.51. The molecule has 1 aliphatic carbocycles. The van der Waals surface area contributed by atoms with Crippen LogP contribution in [0.3, 0.4) is 0 Å². The largest absolute Gasteiger partial charge is 0.499 e. The molecule has 2 aliphatic rings. The van der Waals surface area contributed by atoms with E-state index in [0.717, 1.165) is 13.2 Å². The lowest BCUT2D eigenvalue weighted by atomic mass is 10.2. The van der Waals surface area contributed by atoms with E-state index < -0.39 is 0 Å². The lowest BCUT2D eigenvalue weighted by Crippen LogP contribution is -2.11. The molecule has 1 saturated carbocycles. The molecule has 2 rings (SSSR count). The number of ether oxygens (including phenoxy) is 2. The van der Waals surface area contributed by atoms with Crippen LogP contribution >= 0.6 is 0 Å². The van der Waals surface area contributed by atoms with Gasteiger partial charge in [-0.1, -0.05) is 0 Å². The molecule has 0 radical (unpaired) electrons. The number of rotatable bonds is 3. The van der Waals surface area contributed by atoms with Gasteiger partial charge in [-0.2, -0.15) is 0 Å². The van der Waals surface area contributed by atoms with Crippen molar-refractivity contribution in [2.24, 2.45) is 0 Å². The van der Waals surface area contributed by atoms with Crippen molar-refractivity contribution < 1.29 is 9.47 Å². The van der Waals surface area contributed by atoms with Crippen molar-refractivity contribution in [1.29, 1.82) is 0 Å². The van der Waals surface area contributed by atoms with Gasteiger partial charge in [0.25, 0.3) is 0 Å². The summed E-state index contributed by atoms with van der Waals surface area (Å²) in [6.07, 6.45) is 9.86. The van der Waals surface area contributed by atoms with E-state index in [1.54, 1.807) is 0 Å². The van der Waals surface area contributed by atoms with Crippen molar-refractivity contribution in [1.82, 2.24) is 0 Å². The third-order valence-corrected chi connectivity index (χ3v) is 2.80. The van der Waals surface area contributed by atoms with E-state index in [1.165, 1.54) is 44.1 Å². The molecule has 0 bridgehead atoms. The van der Waals surface area contributed by atoms with E-state index in [9.17, 15) is 0 Å². The van der Waals surface area contributed by atoms with Crippen LogP contribution in [0.5, 0.6) is 0 Å². The summed E-state index contributed by atoms with van der Waals surface area (Å²) >= 11 is 0. The molecule has 2 nitrogen and oxygen atoms in total. The zero-order valence-corrected chi connectivity index (χ0v) is 8.13. The number of hydrogen-bond acceptors (Lipinski definition) is 2. The highest BCUT2D eigenvalue weighted by Crippen LogP contribution is 2.23. The molecule has 0 spiro atoms. The van der Waals surface area contributed by atoms with Crippen LogP contribution in [0.1, 0.15) is 38.5 Å². The van der Waals surface area contributed by atoms with E-state index >= 15 is 0 Å². The Bertz CT molecular complexity index is 173. The fourth-order valence-corrected chi connectivity index (χ4v) is 2.00. The Hall–Kier alpha value is -0.500. The van der Waals surface area contributed by atoms with E-state index in [2.05, 4.69) is 0 Å². The third kappa shape index (κ3) is 2.73. The quantitative estimate of drug-likeness (QED) is 0.625. The van der Waals surface area contributed by atoms with E-state index in [1.807, 2.05) is 6.26 Å². The normalized spacial score (nSPS) is 28.0. The van der Waals surface area contributed by atoms with Crippen LogP contribution in [0.15, 0.2) is 11.8 Å². The zero-order valence-electron chi connectivity index (χ0n) is 8.13. The van der Waals surface area contributed by atoms with E-state index in [-0.39, 0.29) is 0 Å². The average Bonchev–Trinajstić information content (AvgIpc) is 2.75. The maximum Gasteiger partial charge on any atom is 0.113 e. The SMILES string of the molecule is C(OCC1CCCO1)=C1CCCC1. The minimum atomic E-state index is 0.359.